The van der Waals surface area contributed by atoms with Crippen molar-refractivity contribution >= 4 is 15.9 Å². The van der Waals surface area contributed by atoms with E-state index in [0.717, 1.165) is 5.56 Å². The van der Waals surface area contributed by atoms with E-state index in [9.17, 15) is 13.2 Å². The minimum absolute atomic E-state index is 0.0730. The van der Waals surface area contributed by atoms with Gasteiger partial charge in [0, 0.05) is 25.6 Å². The molecule has 0 spiro atoms. The molecule has 1 aliphatic heterocycles. The molecule has 1 fully saturated rings. The fraction of sp³-hybridized carbons (Fsp3) is 0.435. The molecule has 1 N–H and O–H groups in total. The van der Waals surface area contributed by atoms with Crippen molar-refractivity contribution in [3.63, 3.8) is 0 Å². The van der Waals surface area contributed by atoms with Crippen LogP contribution in [0.5, 0.6) is 5.75 Å². The molecular formula is C23H30N2O5S. The van der Waals surface area contributed by atoms with Gasteiger partial charge in [-0.1, -0.05) is 44.2 Å². The SMILES string of the molecule is COc1ccc(S(=O)(=O)N2CCOCC2)cc1C(=O)NCC(c1ccccc1)C(C)C. The highest BCUT2D eigenvalue weighted by Gasteiger charge is 2.28. The second-order valence-corrected chi connectivity index (χ2v) is 9.79. The number of nitrogens with one attached hydrogen (secondary N) is 1. The smallest absolute Gasteiger partial charge is 0.255 e. The Labute approximate surface area is 184 Å². The van der Waals surface area contributed by atoms with Crippen molar-refractivity contribution in [3.8, 4) is 5.75 Å². The van der Waals surface area contributed by atoms with Crippen LogP contribution in [-0.4, -0.2) is 58.6 Å². The van der Waals surface area contributed by atoms with Crippen molar-refractivity contribution in [1.82, 2.24) is 9.62 Å². The first kappa shape index (κ1) is 23.2. The molecular weight excluding hydrogens is 416 g/mol. The lowest BCUT2D eigenvalue weighted by molar-refractivity contribution is 0.0730. The first-order valence-electron chi connectivity index (χ1n) is 10.4. The quantitative estimate of drug-likeness (QED) is 0.674. The van der Waals surface area contributed by atoms with Crippen LogP contribution in [0.4, 0.5) is 0 Å². The van der Waals surface area contributed by atoms with Gasteiger partial charge in [0.2, 0.25) is 10.0 Å². The summed E-state index contributed by atoms with van der Waals surface area (Å²) >= 11 is 0. The van der Waals surface area contributed by atoms with E-state index in [-0.39, 0.29) is 22.3 Å². The average molecular weight is 447 g/mol. The van der Waals surface area contributed by atoms with Crippen molar-refractivity contribution in [2.75, 3.05) is 40.0 Å². The third-order valence-electron chi connectivity index (χ3n) is 5.54. The van der Waals surface area contributed by atoms with E-state index in [1.807, 2.05) is 30.3 Å². The Bertz CT molecular complexity index is 986. The van der Waals surface area contributed by atoms with Gasteiger partial charge in [-0.25, -0.2) is 8.42 Å². The molecule has 1 unspecified atom stereocenters. The van der Waals surface area contributed by atoms with Crippen LogP contribution in [0.2, 0.25) is 0 Å². The van der Waals surface area contributed by atoms with Gasteiger partial charge in [-0.05, 0) is 29.7 Å². The van der Waals surface area contributed by atoms with E-state index in [1.165, 1.54) is 29.6 Å². The molecule has 1 aliphatic rings. The van der Waals surface area contributed by atoms with Gasteiger partial charge in [0.25, 0.3) is 5.91 Å². The minimum atomic E-state index is -3.71. The highest BCUT2D eigenvalue weighted by atomic mass is 32.2. The molecule has 1 amide bonds. The van der Waals surface area contributed by atoms with Crippen LogP contribution < -0.4 is 10.1 Å². The fourth-order valence-corrected chi connectivity index (χ4v) is 5.13. The van der Waals surface area contributed by atoms with Gasteiger partial charge in [0.15, 0.2) is 0 Å². The van der Waals surface area contributed by atoms with Gasteiger partial charge in [0.05, 0.1) is 30.8 Å². The van der Waals surface area contributed by atoms with Crippen molar-refractivity contribution < 1.29 is 22.7 Å². The van der Waals surface area contributed by atoms with E-state index in [1.54, 1.807) is 0 Å². The number of hydrogen-bond donors (Lipinski definition) is 1. The average Bonchev–Trinajstić information content (AvgIpc) is 2.79. The largest absolute Gasteiger partial charge is 0.496 e. The van der Waals surface area contributed by atoms with E-state index in [0.29, 0.717) is 44.5 Å². The molecule has 2 aromatic carbocycles. The summed E-state index contributed by atoms with van der Waals surface area (Å²) in [5, 5.41) is 2.96. The summed E-state index contributed by atoms with van der Waals surface area (Å²) in [4.78, 5) is 13.1. The summed E-state index contributed by atoms with van der Waals surface area (Å²) in [6.07, 6.45) is 0. The van der Waals surface area contributed by atoms with E-state index in [2.05, 4.69) is 19.2 Å². The molecule has 0 aliphatic carbocycles. The number of morpholine rings is 1. The number of hydrogen-bond acceptors (Lipinski definition) is 5. The summed E-state index contributed by atoms with van der Waals surface area (Å²) in [6.45, 7) is 5.97. The minimum Gasteiger partial charge on any atom is -0.496 e. The topological polar surface area (TPSA) is 84.9 Å². The molecule has 0 radical (unpaired) electrons. The van der Waals surface area contributed by atoms with Gasteiger partial charge in [0.1, 0.15) is 5.75 Å². The lowest BCUT2D eigenvalue weighted by Crippen LogP contribution is -2.40. The Hall–Kier alpha value is -2.42. The van der Waals surface area contributed by atoms with E-state index < -0.39 is 10.0 Å². The predicted octanol–water partition coefficient (Wildman–Crippen LogP) is 2.89. The van der Waals surface area contributed by atoms with Gasteiger partial charge < -0.3 is 14.8 Å². The highest BCUT2D eigenvalue weighted by molar-refractivity contribution is 7.89. The van der Waals surface area contributed by atoms with Crippen molar-refractivity contribution in [2.24, 2.45) is 5.92 Å². The summed E-state index contributed by atoms with van der Waals surface area (Å²) in [5.74, 6) is 0.422. The molecule has 0 aromatic heterocycles. The Morgan fingerprint density at radius 3 is 2.42 bits per heavy atom. The normalized spacial score (nSPS) is 16.1. The number of ether oxygens (including phenoxy) is 2. The number of amides is 1. The molecule has 3 rings (SSSR count). The number of nitrogens with zero attached hydrogens (tertiary/aromatic N) is 1. The third kappa shape index (κ3) is 5.44. The second kappa shape index (κ2) is 10.3. The molecule has 1 atom stereocenters. The Morgan fingerprint density at radius 1 is 1.13 bits per heavy atom. The number of methoxy groups -OCH3 is 1. The van der Waals surface area contributed by atoms with Gasteiger partial charge >= 0.3 is 0 Å². The third-order valence-corrected chi connectivity index (χ3v) is 7.43. The van der Waals surface area contributed by atoms with Crippen molar-refractivity contribution in [1.29, 1.82) is 0 Å². The lowest BCUT2D eigenvalue weighted by atomic mass is 9.88. The molecule has 1 saturated heterocycles. The van der Waals surface area contributed by atoms with Crippen LogP contribution >= 0.6 is 0 Å². The summed E-state index contributed by atoms with van der Waals surface area (Å²) < 4.78 is 38.0. The maximum absolute atomic E-state index is 13.0. The zero-order valence-electron chi connectivity index (χ0n) is 18.2. The highest BCUT2D eigenvalue weighted by Crippen LogP contribution is 2.27. The van der Waals surface area contributed by atoms with E-state index >= 15 is 0 Å². The first-order valence-corrected chi connectivity index (χ1v) is 11.9. The molecule has 8 heteroatoms. The van der Waals surface area contributed by atoms with Crippen LogP contribution in [0.15, 0.2) is 53.4 Å². The number of carbonyl (C=O) groups excluding carboxylic acids is 1. The standard InChI is InChI=1S/C23H30N2O5S/c1-17(2)21(18-7-5-4-6-8-18)16-24-23(26)20-15-19(9-10-22(20)29-3)31(27,28)25-11-13-30-14-12-25/h4-10,15,17,21H,11-14,16H2,1-3H3,(H,24,26). The van der Waals surface area contributed by atoms with E-state index in [4.69, 9.17) is 9.47 Å². The van der Waals surface area contributed by atoms with Crippen LogP contribution in [0.25, 0.3) is 0 Å². The van der Waals surface area contributed by atoms with Crippen molar-refractivity contribution in [3.05, 3.63) is 59.7 Å². The molecule has 1 heterocycles. The predicted molar refractivity (Wildman–Crippen MR) is 119 cm³/mol. The van der Waals surface area contributed by atoms with Crippen LogP contribution in [-0.2, 0) is 14.8 Å². The maximum Gasteiger partial charge on any atom is 0.255 e. The molecule has 0 saturated carbocycles. The Balaban J connectivity index is 1.82. The lowest BCUT2D eigenvalue weighted by Gasteiger charge is -2.26. The van der Waals surface area contributed by atoms with Crippen LogP contribution in [0, 0.1) is 5.92 Å². The number of carbonyl (C=O) groups is 1. The maximum atomic E-state index is 13.0. The molecule has 2 aromatic rings. The molecule has 7 nitrogen and oxygen atoms in total. The molecule has 31 heavy (non-hydrogen) atoms. The molecule has 168 valence electrons. The summed E-state index contributed by atoms with van der Waals surface area (Å²) in [7, 11) is -2.25. The van der Waals surface area contributed by atoms with Gasteiger partial charge in [-0.3, -0.25) is 4.79 Å². The van der Waals surface area contributed by atoms with Crippen LogP contribution in [0.1, 0.15) is 35.7 Å². The summed E-state index contributed by atoms with van der Waals surface area (Å²) in [5.41, 5.74) is 1.35. The first-order chi connectivity index (χ1) is 14.8. The van der Waals surface area contributed by atoms with Gasteiger partial charge in [-0.15, -0.1) is 0 Å². The molecule has 0 bridgehead atoms. The second-order valence-electron chi connectivity index (χ2n) is 7.85. The van der Waals surface area contributed by atoms with Crippen LogP contribution in [0.3, 0.4) is 0 Å². The number of rotatable bonds is 8. The zero-order valence-corrected chi connectivity index (χ0v) is 19.0. The summed E-state index contributed by atoms with van der Waals surface area (Å²) in [6, 6.07) is 14.4. The van der Waals surface area contributed by atoms with Crippen molar-refractivity contribution in [2.45, 2.75) is 24.7 Å². The zero-order chi connectivity index (χ0) is 22.4. The Morgan fingerprint density at radius 2 is 1.81 bits per heavy atom. The monoisotopic (exact) mass is 446 g/mol. The Kier molecular flexibility index (Phi) is 7.69. The van der Waals surface area contributed by atoms with Gasteiger partial charge in [-0.2, -0.15) is 4.31 Å². The number of benzene rings is 2. The fourth-order valence-electron chi connectivity index (χ4n) is 3.70. The number of sulfonamides is 1.